The van der Waals surface area contributed by atoms with Gasteiger partial charge < -0.3 is 25.4 Å². The van der Waals surface area contributed by atoms with E-state index in [2.05, 4.69) is 20.3 Å². The highest BCUT2D eigenvalue weighted by Gasteiger charge is 2.28. The number of nitrogens with zero attached hydrogens (tertiary/aromatic N) is 4. The lowest BCUT2D eigenvalue weighted by Crippen LogP contribution is -2.47. The van der Waals surface area contributed by atoms with Crippen LogP contribution in [0, 0.1) is 11.6 Å². The summed E-state index contributed by atoms with van der Waals surface area (Å²) in [6.07, 6.45) is 4.32. The van der Waals surface area contributed by atoms with Crippen LogP contribution in [0.1, 0.15) is 33.6 Å². The van der Waals surface area contributed by atoms with Gasteiger partial charge in [-0.2, -0.15) is 4.39 Å². The van der Waals surface area contributed by atoms with Crippen molar-refractivity contribution in [2.45, 2.75) is 45.3 Å². The molecule has 3 N–H and O–H groups in total. The molecule has 1 aliphatic heterocycles. The maximum atomic E-state index is 14.3. The number of rotatable bonds is 5. The number of nitrogens with two attached hydrogens (primary N) is 1. The summed E-state index contributed by atoms with van der Waals surface area (Å²) >= 11 is 0. The van der Waals surface area contributed by atoms with Crippen molar-refractivity contribution in [3.8, 4) is 22.9 Å². The Bertz CT molecular complexity index is 1250. The number of likely N-dealkylation sites (tertiary alicyclic amines) is 1. The summed E-state index contributed by atoms with van der Waals surface area (Å²) in [5.74, 6) is -2.35. The molecule has 0 aliphatic carbocycles. The van der Waals surface area contributed by atoms with Crippen molar-refractivity contribution in [3.63, 3.8) is 0 Å². The number of nitrogens with one attached hydrogen (secondary N) is 1. The van der Waals surface area contributed by atoms with Crippen LogP contribution < -0.4 is 15.8 Å². The van der Waals surface area contributed by atoms with Crippen molar-refractivity contribution in [2.24, 2.45) is 0 Å². The zero-order valence-electron chi connectivity index (χ0n) is 20.3. The van der Waals surface area contributed by atoms with Gasteiger partial charge in [0.05, 0.1) is 16.9 Å². The molecule has 1 unspecified atom stereocenters. The molecule has 1 aromatic carbocycles. The van der Waals surface area contributed by atoms with Crippen LogP contribution in [0.15, 0.2) is 42.7 Å². The van der Waals surface area contributed by atoms with E-state index in [9.17, 15) is 13.6 Å². The fraction of sp³-hybridized carbons (Fsp3) is 0.360. The smallest absolute Gasteiger partial charge is 0.410 e. The Balaban J connectivity index is 1.51. The number of pyridine rings is 1. The Morgan fingerprint density at radius 3 is 2.72 bits per heavy atom. The molecule has 4 rings (SSSR count). The molecule has 1 fully saturated rings. The first-order valence-electron chi connectivity index (χ1n) is 11.5. The monoisotopic (exact) mass is 498 g/mol. The summed E-state index contributed by atoms with van der Waals surface area (Å²) in [5, 5.41) is 3.27. The molecule has 11 heteroatoms. The summed E-state index contributed by atoms with van der Waals surface area (Å²) in [7, 11) is 0. The lowest BCUT2D eigenvalue weighted by Gasteiger charge is -2.34. The van der Waals surface area contributed by atoms with Gasteiger partial charge in [-0.15, -0.1) is 0 Å². The van der Waals surface area contributed by atoms with Gasteiger partial charge in [0.15, 0.2) is 11.6 Å². The molecule has 1 amide bonds. The van der Waals surface area contributed by atoms with Crippen molar-refractivity contribution in [2.75, 3.05) is 24.1 Å². The fourth-order valence-corrected chi connectivity index (χ4v) is 3.74. The molecule has 2 aromatic heterocycles. The zero-order chi connectivity index (χ0) is 25.9. The quantitative estimate of drug-likeness (QED) is 0.472. The number of ether oxygens (including phenoxy) is 2. The lowest BCUT2D eigenvalue weighted by atomic mass is 10.1. The van der Waals surface area contributed by atoms with Crippen LogP contribution in [0.4, 0.5) is 25.2 Å². The molecule has 0 saturated carbocycles. The van der Waals surface area contributed by atoms with Gasteiger partial charge in [-0.1, -0.05) is 0 Å². The molecule has 190 valence electrons. The van der Waals surface area contributed by atoms with Crippen molar-refractivity contribution in [1.29, 1.82) is 0 Å². The van der Waals surface area contributed by atoms with Gasteiger partial charge in [0.25, 0.3) is 0 Å². The first kappa shape index (κ1) is 25.1. The highest BCUT2D eigenvalue weighted by molar-refractivity contribution is 5.68. The van der Waals surface area contributed by atoms with E-state index in [1.54, 1.807) is 29.3 Å². The van der Waals surface area contributed by atoms with Crippen LogP contribution in [0.2, 0.25) is 0 Å². The molecule has 1 saturated heterocycles. The minimum Gasteiger partial charge on any atom is -0.444 e. The van der Waals surface area contributed by atoms with Crippen LogP contribution in [-0.4, -0.2) is 50.7 Å². The molecule has 3 aromatic rings. The Labute approximate surface area is 207 Å². The molecule has 3 heterocycles. The number of piperidine rings is 1. The van der Waals surface area contributed by atoms with Crippen LogP contribution in [0.5, 0.6) is 11.6 Å². The molecule has 0 radical (unpaired) electrons. The average molecular weight is 499 g/mol. The predicted octanol–water partition coefficient (Wildman–Crippen LogP) is 5.00. The van der Waals surface area contributed by atoms with Crippen molar-refractivity contribution in [1.82, 2.24) is 19.9 Å². The van der Waals surface area contributed by atoms with Crippen molar-refractivity contribution in [3.05, 3.63) is 54.4 Å². The van der Waals surface area contributed by atoms with Gasteiger partial charge in [-0.3, -0.25) is 0 Å². The van der Waals surface area contributed by atoms with Crippen LogP contribution in [0.3, 0.4) is 0 Å². The number of carbonyl (C=O) groups is 1. The first-order valence-corrected chi connectivity index (χ1v) is 11.5. The molecule has 9 nitrogen and oxygen atoms in total. The van der Waals surface area contributed by atoms with Crippen molar-refractivity contribution >= 4 is 17.7 Å². The molecule has 36 heavy (non-hydrogen) atoms. The van der Waals surface area contributed by atoms with Gasteiger partial charge in [0, 0.05) is 31.5 Å². The minimum absolute atomic E-state index is 0.0407. The molecule has 1 aliphatic rings. The SMILES string of the molecule is CC(C)(C)OC(=O)N1CCCC(Nc2nccc(-c3cccnc3Oc3ccc(N)c(F)c3F)n2)C1. The van der Waals surface area contributed by atoms with Gasteiger partial charge in [0.2, 0.25) is 17.6 Å². The van der Waals surface area contributed by atoms with E-state index in [0.29, 0.717) is 30.3 Å². The van der Waals surface area contributed by atoms with E-state index in [0.717, 1.165) is 12.8 Å². The maximum absolute atomic E-state index is 14.3. The van der Waals surface area contributed by atoms with Gasteiger partial charge in [0.1, 0.15) is 5.60 Å². The second-order valence-electron chi connectivity index (χ2n) is 9.41. The zero-order valence-corrected chi connectivity index (χ0v) is 20.3. The van der Waals surface area contributed by atoms with Gasteiger partial charge in [-0.05, 0) is 63.9 Å². The Morgan fingerprint density at radius 2 is 1.94 bits per heavy atom. The van der Waals surface area contributed by atoms with Crippen LogP contribution >= 0.6 is 0 Å². The fourth-order valence-electron chi connectivity index (χ4n) is 3.74. The standard InChI is InChI=1S/C25H28F2N6O3/c1-25(2,3)36-24(34)33-13-5-6-15(14-33)31-23-30-12-10-18(32-23)16-7-4-11-29-22(16)35-19-9-8-17(28)20(26)21(19)27/h4,7-12,15H,5-6,13-14,28H2,1-3H3,(H,30,31,32). The van der Waals surface area contributed by atoms with E-state index in [4.69, 9.17) is 15.2 Å². The number of nitrogen functional groups attached to an aromatic ring is 1. The molecule has 1 atom stereocenters. The highest BCUT2D eigenvalue weighted by atomic mass is 19.2. The number of aromatic nitrogens is 3. The lowest BCUT2D eigenvalue weighted by molar-refractivity contribution is 0.0206. The summed E-state index contributed by atoms with van der Waals surface area (Å²) in [4.78, 5) is 27.2. The summed E-state index contributed by atoms with van der Waals surface area (Å²) < 4.78 is 39.3. The maximum Gasteiger partial charge on any atom is 0.410 e. The number of amides is 1. The number of anilines is 2. The topological polar surface area (TPSA) is 115 Å². The minimum atomic E-state index is -1.21. The highest BCUT2D eigenvalue weighted by Crippen LogP contribution is 2.33. The third-order valence-corrected chi connectivity index (χ3v) is 5.39. The van der Waals surface area contributed by atoms with Crippen LogP contribution in [0.25, 0.3) is 11.3 Å². The average Bonchev–Trinajstić information content (AvgIpc) is 2.84. The number of benzene rings is 1. The second kappa shape index (κ2) is 10.3. The van der Waals surface area contributed by atoms with E-state index in [1.807, 2.05) is 20.8 Å². The summed E-state index contributed by atoms with van der Waals surface area (Å²) in [5.41, 5.74) is 5.44. The summed E-state index contributed by atoms with van der Waals surface area (Å²) in [6, 6.07) is 7.41. The van der Waals surface area contributed by atoms with Crippen LogP contribution in [-0.2, 0) is 4.74 Å². The first-order chi connectivity index (χ1) is 17.1. The third kappa shape index (κ3) is 5.96. The largest absolute Gasteiger partial charge is 0.444 e. The van der Waals surface area contributed by atoms with Gasteiger partial charge >= 0.3 is 6.09 Å². The number of hydrogen-bond donors (Lipinski definition) is 2. The Morgan fingerprint density at radius 1 is 1.14 bits per heavy atom. The normalized spacial score (nSPS) is 15.9. The number of halogens is 2. The van der Waals surface area contributed by atoms with E-state index in [1.165, 1.54) is 18.3 Å². The molecule has 0 spiro atoms. The number of hydrogen-bond acceptors (Lipinski definition) is 8. The van der Waals surface area contributed by atoms with E-state index >= 15 is 0 Å². The third-order valence-electron chi connectivity index (χ3n) is 5.39. The molecule has 0 bridgehead atoms. The summed E-state index contributed by atoms with van der Waals surface area (Å²) in [6.45, 7) is 6.56. The predicted molar refractivity (Wildman–Crippen MR) is 131 cm³/mol. The molecular weight excluding hydrogens is 470 g/mol. The Hall–Kier alpha value is -4.02. The molecular formula is C25H28F2N6O3. The second-order valence-corrected chi connectivity index (χ2v) is 9.41. The Kier molecular flexibility index (Phi) is 7.18. The van der Waals surface area contributed by atoms with E-state index in [-0.39, 0.29) is 29.5 Å². The number of carbonyl (C=O) groups excluding carboxylic acids is 1. The van der Waals surface area contributed by atoms with Gasteiger partial charge in [-0.25, -0.2) is 24.1 Å². The van der Waals surface area contributed by atoms with E-state index < -0.39 is 17.2 Å². The van der Waals surface area contributed by atoms with Crippen molar-refractivity contribution < 1.29 is 23.0 Å².